The molecule has 0 aliphatic carbocycles. The summed E-state index contributed by atoms with van der Waals surface area (Å²) in [6, 6.07) is 8.37. The van der Waals surface area contributed by atoms with E-state index in [9.17, 15) is 4.79 Å². The fourth-order valence-corrected chi connectivity index (χ4v) is 3.41. The molecule has 1 fully saturated rings. The minimum atomic E-state index is 0.167. The molecule has 0 bridgehead atoms. The van der Waals surface area contributed by atoms with Crippen LogP contribution in [0.4, 0.5) is 0 Å². The lowest BCUT2D eigenvalue weighted by Crippen LogP contribution is -2.40. The average molecular weight is 419 g/mol. The summed E-state index contributed by atoms with van der Waals surface area (Å²) in [7, 11) is 0. The summed E-state index contributed by atoms with van der Waals surface area (Å²) in [6.45, 7) is 11.7. The fraction of sp³-hybridized carbons (Fsp3) is 0.652. The number of nitrogens with one attached hydrogen (secondary N) is 2. The summed E-state index contributed by atoms with van der Waals surface area (Å²) in [4.78, 5) is 18.7. The van der Waals surface area contributed by atoms with Gasteiger partial charge in [0.1, 0.15) is 0 Å². The topological polar surface area (TPSA) is 75.2 Å². The first-order valence-corrected chi connectivity index (χ1v) is 11.2. The number of aliphatic imine (C=N–C) groups is 1. The van der Waals surface area contributed by atoms with Gasteiger partial charge < -0.3 is 25.0 Å². The molecule has 0 radical (unpaired) electrons. The summed E-state index contributed by atoms with van der Waals surface area (Å²) < 4.78 is 11.4. The largest absolute Gasteiger partial charge is 0.381 e. The lowest BCUT2D eigenvalue weighted by Gasteiger charge is -2.22. The molecule has 0 spiro atoms. The van der Waals surface area contributed by atoms with E-state index in [0.717, 1.165) is 62.8 Å². The minimum Gasteiger partial charge on any atom is -0.381 e. The Morgan fingerprint density at radius 2 is 1.90 bits per heavy atom. The first-order chi connectivity index (χ1) is 14.7. The summed E-state index contributed by atoms with van der Waals surface area (Å²) in [5.74, 6) is 0.897. The van der Waals surface area contributed by atoms with Crippen LogP contribution in [-0.2, 0) is 27.4 Å². The van der Waals surface area contributed by atoms with Crippen LogP contribution < -0.4 is 10.6 Å². The van der Waals surface area contributed by atoms with Gasteiger partial charge >= 0.3 is 0 Å². The van der Waals surface area contributed by atoms with E-state index in [1.807, 2.05) is 25.7 Å². The van der Waals surface area contributed by atoms with Gasteiger partial charge in [0.15, 0.2) is 5.96 Å². The average Bonchev–Trinajstić information content (AvgIpc) is 2.78. The summed E-state index contributed by atoms with van der Waals surface area (Å²) in [5.41, 5.74) is 2.30. The lowest BCUT2D eigenvalue weighted by molar-refractivity contribution is -0.130. The van der Waals surface area contributed by atoms with Crippen LogP contribution in [0, 0.1) is 0 Å². The maximum Gasteiger partial charge on any atom is 0.224 e. The minimum absolute atomic E-state index is 0.167. The molecule has 1 aliphatic heterocycles. The molecule has 1 aromatic carbocycles. The highest BCUT2D eigenvalue weighted by molar-refractivity contribution is 5.81. The lowest BCUT2D eigenvalue weighted by atomic mass is 10.1. The quantitative estimate of drug-likeness (QED) is 0.427. The van der Waals surface area contributed by atoms with E-state index >= 15 is 0 Å². The smallest absolute Gasteiger partial charge is 0.224 e. The van der Waals surface area contributed by atoms with Gasteiger partial charge in [-0.25, -0.2) is 4.99 Å². The Labute approximate surface area is 181 Å². The maximum atomic E-state index is 12.1. The van der Waals surface area contributed by atoms with Crippen molar-refractivity contribution < 1.29 is 14.3 Å². The number of hydrogen-bond acceptors (Lipinski definition) is 4. The monoisotopic (exact) mass is 418 g/mol. The van der Waals surface area contributed by atoms with Crippen LogP contribution in [0.5, 0.6) is 0 Å². The van der Waals surface area contributed by atoms with Crippen molar-refractivity contribution >= 4 is 11.9 Å². The maximum absolute atomic E-state index is 12.1. The number of nitrogens with zero attached hydrogens (tertiary/aromatic N) is 2. The molecule has 1 aromatic rings. The zero-order valence-corrected chi connectivity index (χ0v) is 18.8. The molecular formula is C23H38N4O3. The van der Waals surface area contributed by atoms with Crippen molar-refractivity contribution in [1.82, 2.24) is 15.5 Å². The Bertz CT molecular complexity index is 656. The van der Waals surface area contributed by atoms with Crippen LogP contribution in [0.25, 0.3) is 0 Å². The van der Waals surface area contributed by atoms with Crippen LogP contribution >= 0.6 is 0 Å². The van der Waals surface area contributed by atoms with Crippen molar-refractivity contribution in [2.75, 3.05) is 39.4 Å². The fourth-order valence-electron chi connectivity index (χ4n) is 3.41. The van der Waals surface area contributed by atoms with Gasteiger partial charge in [0.05, 0.1) is 19.3 Å². The molecule has 1 saturated heterocycles. The molecular weight excluding hydrogens is 380 g/mol. The second-order valence-corrected chi connectivity index (χ2v) is 7.38. The predicted octanol–water partition coefficient (Wildman–Crippen LogP) is 2.70. The van der Waals surface area contributed by atoms with Crippen molar-refractivity contribution in [3.63, 3.8) is 0 Å². The summed E-state index contributed by atoms with van der Waals surface area (Å²) in [6.07, 6.45) is 2.70. The predicted molar refractivity (Wildman–Crippen MR) is 120 cm³/mol. The summed E-state index contributed by atoms with van der Waals surface area (Å²) in [5, 5.41) is 6.51. The Kier molecular flexibility index (Phi) is 11.3. The van der Waals surface area contributed by atoms with E-state index in [-0.39, 0.29) is 5.91 Å². The Morgan fingerprint density at radius 3 is 2.60 bits per heavy atom. The van der Waals surface area contributed by atoms with E-state index in [2.05, 4.69) is 39.9 Å². The van der Waals surface area contributed by atoms with Crippen LogP contribution in [0.1, 0.15) is 51.2 Å². The van der Waals surface area contributed by atoms with Gasteiger partial charge in [-0.15, -0.1) is 0 Å². The van der Waals surface area contributed by atoms with E-state index in [4.69, 9.17) is 9.47 Å². The zero-order chi connectivity index (χ0) is 21.6. The molecule has 1 amide bonds. The van der Waals surface area contributed by atoms with Crippen LogP contribution in [0.3, 0.4) is 0 Å². The zero-order valence-electron chi connectivity index (χ0n) is 18.8. The third-order valence-corrected chi connectivity index (χ3v) is 5.16. The van der Waals surface area contributed by atoms with Gasteiger partial charge in [0.2, 0.25) is 5.91 Å². The number of guanidine groups is 1. The molecule has 2 N–H and O–H groups in total. The first kappa shape index (κ1) is 24.2. The second-order valence-electron chi connectivity index (χ2n) is 7.38. The van der Waals surface area contributed by atoms with Crippen LogP contribution in [0.15, 0.2) is 29.3 Å². The summed E-state index contributed by atoms with van der Waals surface area (Å²) >= 11 is 0. The highest BCUT2D eigenvalue weighted by Crippen LogP contribution is 2.14. The third kappa shape index (κ3) is 8.71. The van der Waals surface area contributed by atoms with Crippen LogP contribution in [-0.4, -0.2) is 62.3 Å². The highest BCUT2D eigenvalue weighted by Gasteiger charge is 2.14. The van der Waals surface area contributed by atoms with Crippen molar-refractivity contribution in [3.05, 3.63) is 35.4 Å². The van der Waals surface area contributed by atoms with Crippen molar-refractivity contribution in [2.24, 2.45) is 4.99 Å². The number of benzene rings is 1. The number of hydrogen-bond donors (Lipinski definition) is 2. The number of rotatable bonds is 11. The van der Waals surface area contributed by atoms with Gasteiger partial charge in [-0.05, 0) is 44.7 Å². The van der Waals surface area contributed by atoms with E-state index in [1.165, 1.54) is 0 Å². The number of amides is 1. The van der Waals surface area contributed by atoms with Crippen molar-refractivity contribution in [1.29, 1.82) is 0 Å². The molecule has 0 unspecified atom stereocenters. The SMILES string of the molecule is CCNC(=NCc1cccc(COC2CCOCC2)c1)NCCC(=O)N(CC)CC. The number of carbonyl (C=O) groups excluding carboxylic acids is 1. The highest BCUT2D eigenvalue weighted by atomic mass is 16.5. The van der Waals surface area contributed by atoms with Gasteiger partial charge in [-0.2, -0.15) is 0 Å². The van der Waals surface area contributed by atoms with E-state index < -0.39 is 0 Å². The molecule has 0 atom stereocenters. The van der Waals surface area contributed by atoms with Crippen molar-refractivity contribution in [3.8, 4) is 0 Å². The molecule has 0 saturated carbocycles. The van der Waals surface area contributed by atoms with Crippen LogP contribution in [0.2, 0.25) is 0 Å². The van der Waals surface area contributed by atoms with Gasteiger partial charge in [-0.3, -0.25) is 4.79 Å². The standard InChI is InChI=1S/C23H38N4O3/c1-4-24-23(25-13-10-22(28)27(5-2)6-3)26-17-19-8-7-9-20(16-19)18-30-21-11-14-29-15-12-21/h7-9,16,21H,4-6,10-15,17-18H2,1-3H3,(H2,24,25,26). The number of carbonyl (C=O) groups is 1. The Hall–Kier alpha value is -2.12. The molecule has 1 heterocycles. The Morgan fingerprint density at radius 1 is 1.17 bits per heavy atom. The van der Waals surface area contributed by atoms with E-state index in [0.29, 0.717) is 32.2 Å². The molecule has 2 rings (SSSR count). The molecule has 1 aliphatic rings. The molecule has 168 valence electrons. The first-order valence-electron chi connectivity index (χ1n) is 11.2. The molecule has 0 aromatic heterocycles. The molecule has 7 nitrogen and oxygen atoms in total. The number of ether oxygens (including phenoxy) is 2. The van der Waals surface area contributed by atoms with Crippen molar-refractivity contribution in [2.45, 2.75) is 59.3 Å². The third-order valence-electron chi connectivity index (χ3n) is 5.16. The normalized spacial score (nSPS) is 15.1. The van der Waals surface area contributed by atoms with Gasteiger partial charge in [0.25, 0.3) is 0 Å². The van der Waals surface area contributed by atoms with Gasteiger partial charge in [-0.1, -0.05) is 24.3 Å². The molecule has 7 heteroatoms. The van der Waals surface area contributed by atoms with E-state index in [1.54, 1.807) is 0 Å². The Balaban J connectivity index is 1.83. The van der Waals surface area contributed by atoms with Gasteiger partial charge in [0, 0.05) is 45.8 Å². The second kappa shape index (κ2) is 14.0. The molecule has 30 heavy (non-hydrogen) atoms.